The molecule has 0 aromatic carbocycles. The van der Waals surface area contributed by atoms with E-state index in [1.54, 1.807) is 0 Å². The lowest BCUT2D eigenvalue weighted by molar-refractivity contribution is 0.115. The van der Waals surface area contributed by atoms with Crippen molar-refractivity contribution in [2.45, 2.75) is 46.5 Å². The van der Waals surface area contributed by atoms with Gasteiger partial charge in [-0.05, 0) is 42.9 Å². The van der Waals surface area contributed by atoms with Crippen LogP contribution >= 0.6 is 0 Å². The van der Waals surface area contributed by atoms with Crippen LogP contribution in [0.25, 0.3) is 0 Å². The molecule has 1 aliphatic rings. The first kappa shape index (κ1) is 10.0. The highest BCUT2D eigenvalue weighted by Gasteiger charge is 2.28. The molecule has 0 heterocycles. The van der Waals surface area contributed by atoms with E-state index in [9.17, 15) is 0 Å². The molecular weight excluding hydrogens is 148 g/mol. The topological polar surface area (TPSA) is 20.2 Å². The minimum Gasteiger partial charge on any atom is -0.396 e. The zero-order valence-electron chi connectivity index (χ0n) is 8.64. The molecule has 1 aliphatic carbocycles. The molecule has 12 heavy (non-hydrogen) atoms. The second kappa shape index (κ2) is 3.78. The molecule has 0 bridgehead atoms. The Kier molecular flexibility index (Phi) is 3.16. The zero-order valence-corrected chi connectivity index (χ0v) is 8.64. The van der Waals surface area contributed by atoms with Crippen LogP contribution in [0.4, 0.5) is 0 Å². The fourth-order valence-electron chi connectivity index (χ4n) is 2.14. The van der Waals surface area contributed by atoms with E-state index in [0.717, 1.165) is 5.92 Å². The normalized spacial score (nSPS) is 27.0. The summed E-state index contributed by atoms with van der Waals surface area (Å²) < 4.78 is 0. The van der Waals surface area contributed by atoms with E-state index in [0.29, 0.717) is 17.9 Å². The van der Waals surface area contributed by atoms with Gasteiger partial charge in [-0.25, -0.2) is 0 Å². The van der Waals surface area contributed by atoms with Gasteiger partial charge in [0.15, 0.2) is 0 Å². The first-order chi connectivity index (χ1) is 5.55. The van der Waals surface area contributed by atoms with E-state index >= 15 is 0 Å². The number of hydrogen-bond acceptors (Lipinski definition) is 1. The number of hydrogen-bond donors (Lipinski definition) is 1. The molecule has 1 unspecified atom stereocenters. The van der Waals surface area contributed by atoms with Gasteiger partial charge in [-0.2, -0.15) is 0 Å². The summed E-state index contributed by atoms with van der Waals surface area (Å²) in [6.07, 6.45) is 5.30. The smallest absolute Gasteiger partial charge is 0.0459 e. The molecule has 0 aromatic rings. The molecule has 72 valence electrons. The highest BCUT2D eigenvalue weighted by molar-refractivity contribution is 4.80. The zero-order chi connectivity index (χ0) is 9.19. The van der Waals surface area contributed by atoms with Crippen LogP contribution in [0.2, 0.25) is 0 Å². The van der Waals surface area contributed by atoms with Crippen molar-refractivity contribution in [2.24, 2.45) is 17.3 Å². The average molecular weight is 170 g/mol. The van der Waals surface area contributed by atoms with E-state index in [4.69, 9.17) is 5.11 Å². The Morgan fingerprint density at radius 3 is 2.25 bits per heavy atom. The molecular formula is C11H22O. The average Bonchev–Trinajstić information content (AvgIpc) is 2.03. The fourth-order valence-corrected chi connectivity index (χ4v) is 2.14. The summed E-state index contributed by atoms with van der Waals surface area (Å²) in [5.41, 5.74) is 0.561. The lowest BCUT2D eigenvalue weighted by Crippen LogP contribution is -2.26. The molecule has 0 radical (unpaired) electrons. The van der Waals surface area contributed by atoms with Crippen LogP contribution in [-0.2, 0) is 0 Å². The summed E-state index contributed by atoms with van der Waals surface area (Å²) in [7, 11) is 0. The first-order valence-corrected chi connectivity index (χ1v) is 5.16. The third kappa shape index (κ3) is 2.48. The van der Waals surface area contributed by atoms with Crippen molar-refractivity contribution in [3.05, 3.63) is 0 Å². The molecule has 1 rings (SSSR count). The number of aliphatic hydroxyl groups excluding tert-OH is 1. The van der Waals surface area contributed by atoms with Gasteiger partial charge in [0, 0.05) is 6.61 Å². The Hall–Kier alpha value is -0.0400. The molecule has 1 fully saturated rings. The highest BCUT2D eigenvalue weighted by Crippen LogP contribution is 2.40. The van der Waals surface area contributed by atoms with Gasteiger partial charge in [-0.3, -0.25) is 0 Å². The lowest BCUT2D eigenvalue weighted by atomic mass is 9.70. The summed E-state index contributed by atoms with van der Waals surface area (Å²) in [5, 5.41) is 9.02. The molecule has 1 atom stereocenters. The standard InChI is InChI=1S/C11H22O/c1-9(8-12)10-4-6-11(2,3)7-5-10/h9-10,12H,4-8H2,1-3H3. The van der Waals surface area contributed by atoms with Gasteiger partial charge >= 0.3 is 0 Å². The molecule has 0 amide bonds. The molecule has 1 nitrogen and oxygen atoms in total. The minimum atomic E-state index is 0.366. The predicted molar refractivity (Wildman–Crippen MR) is 52.0 cm³/mol. The molecule has 0 saturated heterocycles. The number of aliphatic hydroxyl groups is 1. The SMILES string of the molecule is CC(CO)C1CCC(C)(C)CC1. The monoisotopic (exact) mass is 170 g/mol. The van der Waals surface area contributed by atoms with Gasteiger partial charge in [-0.15, -0.1) is 0 Å². The van der Waals surface area contributed by atoms with Crippen LogP contribution in [0.3, 0.4) is 0 Å². The summed E-state index contributed by atoms with van der Waals surface area (Å²) in [5.74, 6) is 1.30. The minimum absolute atomic E-state index is 0.366. The van der Waals surface area contributed by atoms with Gasteiger partial charge in [0.25, 0.3) is 0 Å². The fraction of sp³-hybridized carbons (Fsp3) is 1.00. The molecule has 0 aliphatic heterocycles. The van der Waals surface area contributed by atoms with Gasteiger partial charge in [-0.1, -0.05) is 20.8 Å². The van der Waals surface area contributed by atoms with Crippen LogP contribution in [0.15, 0.2) is 0 Å². The largest absolute Gasteiger partial charge is 0.396 e. The van der Waals surface area contributed by atoms with E-state index in [1.165, 1.54) is 25.7 Å². The van der Waals surface area contributed by atoms with Crippen LogP contribution in [0.1, 0.15) is 46.5 Å². The van der Waals surface area contributed by atoms with Crippen LogP contribution in [0.5, 0.6) is 0 Å². The Labute approximate surface area is 76.2 Å². The second-order valence-electron chi connectivity index (χ2n) is 5.16. The number of rotatable bonds is 2. The van der Waals surface area contributed by atoms with Gasteiger partial charge in [0.1, 0.15) is 0 Å². The van der Waals surface area contributed by atoms with E-state index in [1.807, 2.05) is 0 Å². The van der Waals surface area contributed by atoms with Crippen molar-refractivity contribution >= 4 is 0 Å². The predicted octanol–water partition coefficient (Wildman–Crippen LogP) is 2.83. The maximum atomic E-state index is 9.02. The molecule has 1 N–H and O–H groups in total. The molecule has 0 aromatic heterocycles. The Morgan fingerprint density at radius 2 is 1.83 bits per heavy atom. The van der Waals surface area contributed by atoms with Gasteiger partial charge in [0.05, 0.1) is 0 Å². The van der Waals surface area contributed by atoms with Crippen molar-refractivity contribution in [1.29, 1.82) is 0 Å². The van der Waals surface area contributed by atoms with E-state index in [-0.39, 0.29) is 0 Å². The Balaban J connectivity index is 2.36. The second-order valence-corrected chi connectivity index (χ2v) is 5.16. The third-order valence-electron chi connectivity index (χ3n) is 3.48. The Morgan fingerprint density at radius 1 is 1.33 bits per heavy atom. The van der Waals surface area contributed by atoms with Crippen molar-refractivity contribution < 1.29 is 5.11 Å². The Bertz CT molecular complexity index is 130. The van der Waals surface area contributed by atoms with Crippen molar-refractivity contribution in [3.63, 3.8) is 0 Å². The van der Waals surface area contributed by atoms with Gasteiger partial charge < -0.3 is 5.11 Å². The van der Waals surface area contributed by atoms with Crippen LogP contribution in [0, 0.1) is 17.3 Å². The highest BCUT2D eigenvalue weighted by atomic mass is 16.3. The first-order valence-electron chi connectivity index (χ1n) is 5.16. The maximum Gasteiger partial charge on any atom is 0.0459 e. The summed E-state index contributed by atoms with van der Waals surface area (Å²) in [6, 6.07) is 0. The summed E-state index contributed by atoms with van der Waals surface area (Å²) in [6.45, 7) is 7.24. The third-order valence-corrected chi connectivity index (χ3v) is 3.48. The molecule has 1 saturated carbocycles. The molecule has 1 heteroatoms. The van der Waals surface area contributed by atoms with Crippen LogP contribution in [-0.4, -0.2) is 11.7 Å². The summed E-state index contributed by atoms with van der Waals surface area (Å²) >= 11 is 0. The summed E-state index contributed by atoms with van der Waals surface area (Å²) in [4.78, 5) is 0. The molecule has 0 spiro atoms. The lowest BCUT2D eigenvalue weighted by Gasteiger charge is -2.36. The van der Waals surface area contributed by atoms with E-state index in [2.05, 4.69) is 20.8 Å². The quantitative estimate of drug-likeness (QED) is 0.675. The van der Waals surface area contributed by atoms with Crippen LogP contribution < -0.4 is 0 Å². The van der Waals surface area contributed by atoms with Crippen molar-refractivity contribution in [3.8, 4) is 0 Å². The van der Waals surface area contributed by atoms with E-state index < -0.39 is 0 Å². The van der Waals surface area contributed by atoms with Gasteiger partial charge in [0.2, 0.25) is 0 Å². The van der Waals surface area contributed by atoms with Crippen molar-refractivity contribution in [1.82, 2.24) is 0 Å². The maximum absolute atomic E-state index is 9.02. The van der Waals surface area contributed by atoms with Crippen molar-refractivity contribution in [2.75, 3.05) is 6.61 Å².